The molecule has 5 nitrogen and oxygen atoms in total. The number of nitrogens with one attached hydrogen (secondary N) is 2. The predicted octanol–water partition coefficient (Wildman–Crippen LogP) is 4.33. The molecule has 9 heteroatoms. The van der Waals surface area contributed by atoms with Crippen molar-refractivity contribution in [3.8, 4) is 17.0 Å². The second-order valence-corrected chi connectivity index (χ2v) is 5.65. The number of amides is 1. The van der Waals surface area contributed by atoms with Crippen molar-refractivity contribution in [3.63, 3.8) is 0 Å². The van der Waals surface area contributed by atoms with Gasteiger partial charge in [-0.1, -0.05) is 0 Å². The number of halogens is 4. The molecule has 0 aliphatic carbocycles. The van der Waals surface area contributed by atoms with Gasteiger partial charge in [0.1, 0.15) is 17.1 Å². The van der Waals surface area contributed by atoms with Crippen LogP contribution in [0.15, 0.2) is 65.5 Å². The highest BCUT2D eigenvalue weighted by atomic mass is 19.4. The smallest absolute Gasteiger partial charge is 0.406 e. The van der Waals surface area contributed by atoms with Gasteiger partial charge in [-0.25, -0.2) is 4.39 Å². The lowest BCUT2D eigenvalue weighted by Crippen LogP contribution is -2.23. The molecule has 3 aromatic rings. The largest absolute Gasteiger partial charge is 0.573 e. The Hall–Kier alpha value is -3.62. The Morgan fingerprint density at radius 3 is 2.14 bits per heavy atom. The van der Waals surface area contributed by atoms with Gasteiger partial charge < -0.3 is 15.0 Å². The molecule has 0 saturated heterocycles. The fourth-order valence-corrected chi connectivity index (χ4v) is 2.39. The summed E-state index contributed by atoms with van der Waals surface area (Å²) < 4.78 is 53.1. The molecule has 2 aromatic carbocycles. The van der Waals surface area contributed by atoms with E-state index in [2.05, 4.69) is 15.0 Å². The molecular weight excluding hydrogens is 380 g/mol. The van der Waals surface area contributed by atoms with Crippen LogP contribution in [0.4, 0.5) is 23.2 Å². The first-order valence-electron chi connectivity index (χ1n) is 7.88. The summed E-state index contributed by atoms with van der Waals surface area (Å²) in [4.78, 5) is 27.0. The van der Waals surface area contributed by atoms with Gasteiger partial charge >= 0.3 is 6.36 Å². The van der Waals surface area contributed by atoms with Crippen LogP contribution in [-0.4, -0.2) is 17.3 Å². The third kappa shape index (κ3) is 4.76. The SMILES string of the molecule is O=C(Nc1ccc(OC(F)(F)F)cc1)c1ccc(-c2ccc(F)cc2)[nH]c1=O. The number of hydrogen-bond donors (Lipinski definition) is 2. The standard InChI is InChI=1S/C19H12F4N2O3/c20-12-3-1-11(2-4-12)16-10-9-15(18(27)25-16)17(26)24-13-5-7-14(8-6-13)28-19(21,22)23/h1-10H,(H,24,26)(H,25,27). The average molecular weight is 392 g/mol. The summed E-state index contributed by atoms with van der Waals surface area (Å²) in [6.45, 7) is 0. The number of hydrogen-bond acceptors (Lipinski definition) is 3. The van der Waals surface area contributed by atoms with Gasteiger partial charge in [-0.05, 0) is 66.2 Å². The minimum Gasteiger partial charge on any atom is -0.406 e. The third-order valence-electron chi connectivity index (χ3n) is 3.66. The van der Waals surface area contributed by atoms with Gasteiger partial charge in [-0.2, -0.15) is 0 Å². The molecule has 0 saturated carbocycles. The van der Waals surface area contributed by atoms with E-state index in [0.717, 1.165) is 12.1 Å². The Bertz CT molecular complexity index is 1040. The minimum atomic E-state index is -4.82. The molecular formula is C19H12F4N2O3. The van der Waals surface area contributed by atoms with Crippen LogP contribution in [0.1, 0.15) is 10.4 Å². The van der Waals surface area contributed by atoms with Crippen molar-refractivity contribution >= 4 is 11.6 Å². The number of pyridine rings is 1. The first kappa shape index (κ1) is 19.2. The molecule has 0 radical (unpaired) electrons. The second-order valence-electron chi connectivity index (χ2n) is 5.65. The normalized spacial score (nSPS) is 11.1. The number of carbonyl (C=O) groups excluding carboxylic acids is 1. The zero-order valence-electron chi connectivity index (χ0n) is 14.0. The third-order valence-corrected chi connectivity index (χ3v) is 3.66. The number of benzene rings is 2. The van der Waals surface area contributed by atoms with Crippen LogP contribution < -0.4 is 15.6 Å². The zero-order valence-corrected chi connectivity index (χ0v) is 14.0. The van der Waals surface area contributed by atoms with E-state index >= 15 is 0 Å². The lowest BCUT2D eigenvalue weighted by atomic mass is 10.1. The monoisotopic (exact) mass is 392 g/mol. The molecule has 1 aromatic heterocycles. The van der Waals surface area contributed by atoms with Gasteiger partial charge in [-0.3, -0.25) is 9.59 Å². The maximum absolute atomic E-state index is 13.0. The molecule has 0 unspecified atom stereocenters. The van der Waals surface area contributed by atoms with E-state index in [-0.39, 0.29) is 11.3 Å². The Labute approximate surface area is 155 Å². The highest BCUT2D eigenvalue weighted by molar-refractivity contribution is 6.04. The van der Waals surface area contributed by atoms with E-state index in [1.165, 1.54) is 48.5 Å². The fraction of sp³-hybridized carbons (Fsp3) is 0.0526. The van der Waals surface area contributed by atoms with E-state index in [9.17, 15) is 27.2 Å². The van der Waals surface area contributed by atoms with Crippen molar-refractivity contribution in [1.29, 1.82) is 0 Å². The minimum absolute atomic E-state index is 0.182. The number of aromatic amines is 1. The lowest BCUT2D eigenvalue weighted by molar-refractivity contribution is -0.274. The van der Waals surface area contributed by atoms with Crippen molar-refractivity contribution < 1.29 is 27.1 Å². The molecule has 0 spiro atoms. The van der Waals surface area contributed by atoms with E-state index in [1.54, 1.807) is 0 Å². The van der Waals surface area contributed by atoms with Crippen LogP contribution in [0.5, 0.6) is 5.75 Å². The summed E-state index contributed by atoms with van der Waals surface area (Å²) in [5.74, 6) is -1.60. The molecule has 1 heterocycles. The van der Waals surface area contributed by atoms with Gasteiger partial charge in [0.25, 0.3) is 11.5 Å². The predicted molar refractivity (Wildman–Crippen MR) is 93.5 cm³/mol. The van der Waals surface area contributed by atoms with Crippen molar-refractivity contribution in [2.45, 2.75) is 6.36 Å². The summed E-state index contributed by atoms with van der Waals surface area (Å²) in [5.41, 5.74) is 0.278. The van der Waals surface area contributed by atoms with Gasteiger partial charge in [0.2, 0.25) is 0 Å². The summed E-state index contributed by atoms with van der Waals surface area (Å²) in [6.07, 6.45) is -4.82. The van der Waals surface area contributed by atoms with Gasteiger partial charge in [0, 0.05) is 11.4 Å². The quantitative estimate of drug-likeness (QED) is 0.650. The van der Waals surface area contributed by atoms with Gasteiger partial charge in [0.05, 0.1) is 0 Å². The molecule has 0 aliphatic heterocycles. The molecule has 144 valence electrons. The van der Waals surface area contributed by atoms with Crippen LogP contribution in [-0.2, 0) is 0 Å². The second kappa shape index (κ2) is 7.55. The molecule has 3 rings (SSSR count). The van der Waals surface area contributed by atoms with Crippen LogP contribution in [0, 0.1) is 5.82 Å². The Morgan fingerprint density at radius 2 is 1.57 bits per heavy atom. The number of anilines is 1. The highest BCUT2D eigenvalue weighted by Crippen LogP contribution is 2.24. The highest BCUT2D eigenvalue weighted by Gasteiger charge is 2.31. The van der Waals surface area contributed by atoms with E-state index in [0.29, 0.717) is 11.3 Å². The van der Waals surface area contributed by atoms with Crippen LogP contribution in [0.25, 0.3) is 11.3 Å². The molecule has 28 heavy (non-hydrogen) atoms. The number of alkyl halides is 3. The van der Waals surface area contributed by atoms with Crippen molar-refractivity contribution in [1.82, 2.24) is 4.98 Å². The molecule has 0 atom stereocenters. The molecule has 0 bridgehead atoms. The number of ether oxygens (including phenoxy) is 1. The first-order valence-corrected chi connectivity index (χ1v) is 7.88. The number of rotatable bonds is 4. The molecule has 2 N–H and O–H groups in total. The topological polar surface area (TPSA) is 71.2 Å². The fourth-order valence-electron chi connectivity index (χ4n) is 2.39. The summed E-state index contributed by atoms with van der Waals surface area (Å²) in [5, 5.41) is 2.41. The van der Waals surface area contributed by atoms with Crippen LogP contribution in [0.3, 0.4) is 0 Å². The number of H-pyrrole nitrogens is 1. The van der Waals surface area contributed by atoms with E-state index in [1.807, 2.05) is 0 Å². The van der Waals surface area contributed by atoms with Gasteiger partial charge in [0.15, 0.2) is 0 Å². The number of aromatic nitrogens is 1. The Kier molecular flexibility index (Phi) is 5.16. The molecule has 1 amide bonds. The summed E-state index contributed by atoms with van der Waals surface area (Å²) >= 11 is 0. The lowest BCUT2D eigenvalue weighted by Gasteiger charge is -2.10. The van der Waals surface area contributed by atoms with Crippen LogP contribution >= 0.6 is 0 Å². The summed E-state index contributed by atoms with van der Waals surface area (Å²) in [7, 11) is 0. The molecule has 0 aliphatic rings. The van der Waals surface area contributed by atoms with Crippen molar-refractivity contribution in [2.24, 2.45) is 0 Å². The maximum Gasteiger partial charge on any atom is 0.573 e. The Balaban J connectivity index is 1.74. The van der Waals surface area contributed by atoms with Gasteiger partial charge in [-0.15, -0.1) is 13.2 Å². The van der Waals surface area contributed by atoms with E-state index in [4.69, 9.17) is 0 Å². The van der Waals surface area contributed by atoms with Crippen LogP contribution in [0.2, 0.25) is 0 Å². The molecule has 0 fully saturated rings. The Morgan fingerprint density at radius 1 is 0.929 bits per heavy atom. The zero-order chi connectivity index (χ0) is 20.3. The average Bonchev–Trinajstić information content (AvgIpc) is 2.62. The summed E-state index contributed by atoms with van der Waals surface area (Å²) in [6, 6.07) is 12.7. The van der Waals surface area contributed by atoms with Crippen molar-refractivity contribution in [3.05, 3.63) is 82.4 Å². The maximum atomic E-state index is 13.0. The van der Waals surface area contributed by atoms with Crippen molar-refractivity contribution in [2.75, 3.05) is 5.32 Å². The first-order chi connectivity index (χ1) is 13.2. The number of carbonyl (C=O) groups is 1. The van der Waals surface area contributed by atoms with E-state index < -0.39 is 29.4 Å².